The number of aryl methyl sites for hydroxylation is 1. The summed E-state index contributed by atoms with van der Waals surface area (Å²) in [5.74, 6) is 0.212. The number of nitrogens with one attached hydrogen (secondary N) is 2. The summed E-state index contributed by atoms with van der Waals surface area (Å²) < 4.78 is 12.8. The van der Waals surface area contributed by atoms with Gasteiger partial charge in [0, 0.05) is 19.2 Å². The normalized spacial score (nSPS) is 10.1. The molecule has 0 radical (unpaired) electrons. The summed E-state index contributed by atoms with van der Waals surface area (Å²) in [4.78, 5) is 19.4. The topological polar surface area (TPSA) is 66.9 Å². The zero-order valence-electron chi connectivity index (χ0n) is 11.1. The number of hydrogen-bond donors (Lipinski definition) is 2. The molecule has 2 rings (SSSR count). The first-order valence-electron chi connectivity index (χ1n) is 6.22. The Bertz CT molecular complexity index is 586. The van der Waals surface area contributed by atoms with Crippen LogP contribution in [0.4, 0.5) is 16.0 Å². The van der Waals surface area contributed by atoms with E-state index < -0.39 is 5.95 Å². The molecular weight excluding hydrogens is 259 g/mol. The van der Waals surface area contributed by atoms with Crippen LogP contribution in [0.5, 0.6) is 0 Å². The quantitative estimate of drug-likeness (QED) is 0.821. The second-order valence-corrected chi connectivity index (χ2v) is 4.29. The summed E-state index contributed by atoms with van der Waals surface area (Å²) in [6.45, 7) is 2.29. The number of hydrogen-bond acceptors (Lipinski definition) is 4. The van der Waals surface area contributed by atoms with Gasteiger partial charge in [0.05, 0.1) is 0 Å². The van der Waals surface area contributed by atoms with Crippen LogP contribution in [-0.2, 0) is 4.79 Å². The van der Waals surface area contributed by atoms with E-state index in [0.29, 0.717) is 18.2 Å². The Labute approximate surface area is 116 Å². The highest BCUT2D eigenvalue weighted by Gasteiger charge is 2.03. The van der Waals surface area contributed by atoms with E-state index in [4.69, 9.17) is 0 Å². The molecule has 2 aromatic heterocycles. The molecule has 0 aromatic carbocycles. The van der Waals surface area contributed by atoms with Crippen LogP contribution >= 0.6 is 0 Å². The van der Waals surface area contributed by atoms with Crippen molar-refractivity contribution in [3.05, 3.63) is 48.0 Å². The predicted molar refractivity (Wildman–Crippen MR) is 74.9 cm³/mol. The van der Waals surface area contributed by atoms with Crippen LogP contribution in [0.25, 0.3) is 0 Å². The van der Waals surface area contributed by atoms with Gasteiger partial charge in [0.2, 0.25) is 11.9 Å². The highest BCUT2D eigenvalue weighted by Crippen LogP contribution is 2.05. The summed E-state index contributed by atoms with van der Waals surface area (Å²) >= 11 is 0. The number of carbonyl (C=O) groups is 1. The van der Waals surface area contributed by atoms with E-state index >= 15 is 0 Å². The number of aromatic nitrogens is 2. The lowest BCUT2D eigenvalue weighted by atomic mass is 10.3. The second-order valence-electron chi connectivity index (χ2n) is 4.29. The average molecular weight is 274 g/mol. The van der Waals surface area contributed by atoms with E-state index in [1.165, 1.54) is 6.07 Å². The van der Waals surface area contributed by atoms with Gasteiger partial charge in [-0.1, -0.05) is 12.1 Å². The Morgan fingerprint density at radius 1 is 1.25 bits per heavy atom. The molecule has 2 aromatic rings. The molecule has 20 heavy (non-hydrogen) atoms. The zero-order chi connectivity index (χ0) is 14.4. The van der Waals surface area contributed by atoms with Crippen molar-refractivity contribution >= 4 is 17.5 Å². The molecule has 0 saturated carbocycles. The Balaban J connectivity index is 1.76. The molecule has 2 heterocycles. The third kappa shape index (κ3) is 4.31. The van der Waals surface area contributed by atoms with Gasteiger partial charge in [-0.25, -0.2) is 9.97 Å². The first kappa shape index (κ1) is 13.9. The SMILES string of the molecule is Cc1ccc(NC(=O)CCNc2cccc(F)n2)nc1. The van der Waals surface area contributed by atoms with Crippen LogP contribution in [0.1, 0.15) is 12.0 Å². The summed E-state index contributed by atoms with van der Waals surface area (Å²) in [5.41, 5.74) is 1.03. The molecule has 104 valence electrons. The van der Waals surface area contributed by atoms with Gasteiger partial charge in [0.1, 0.15) is 11.6 Å². The van der Waals surface area contributed by atoms with Crippen molar-refractivity contribution < 1.29 is 9.18 Å². The fourth-order valence-corrected chi connectivity index (χ4v) is 1.56. The third-order valence-corrected chi connectivity index (χ3v) is 2.55. The Kier molecular flexibility index (Phi) is 4.60. The predicted octanol–water partition coefficient (Wildman–Crippen LogP) is 2.36. The number of halogens is 1. The van der Waals surface area contributed by atoms with Crippen molar-refractivity contribution in [1.29, 1.82) is 0 Å². The molecule has 0 fully saturated rings. The summed E-state index contributed by atoms with van der Waals surface area (Å²) in [6, 6.07) is 8.08. The number of carbonyl (C=O) groups excluding carboxylic acids is 1. The monoisotopic (exact) mass is 274 g/mol. The van der Waals surface area contributed by atoms with E-state index in [-0.39, 0.29) is 12.3 Å². The number of anilines is 2. The first-order valence-corrected chi connectivity index (χ1v) is 6.22. The number of amides is 1. The molecule has 0 aliphatic carbocycles. The zero-order valence-corrected chi connectivity index (χ0v) is 11.1. The number of rotatable bonds is 5. The Morgan fingerprint density at radius 3 is 2.80 bits per heavy atom. The summed E-state index contributed by atoms with van der Waals surface area (Å²) in [5, 5.41) is 5.56. The maximum absolute atomic E-state index is 12.8. The van der Waals surface area contributed by atoms with Crippen molar-refractivity contribution in [3.8, 4) is 0 Å². The van der Waals surface area contributed by atoms with Crippen LogP contribution < -0.4 is 10.6 Å². The van der Waals surface area contributed by atoms with Gasteiger partial charge in [-0.15, -0.1) is 0 Å². The fourth-order valence-electron chi connectivity index (χ4n) is 1.56. The van der Waals surface area contributed by atoms with Crippen LogP contribution in [0.15, 0.2) is 36.5 Å². The largest absolute Gasteiger partial charge is 0.369 e. The molecule has 0 atom stereocenters. The standard InChI is InChI=1S/C14H15FN4O/c1-10-5-6-13(17-9-10)19-14(20)7-8-16-12-4-2-3-11(15)18-12/h2-6,9H,7-8H2,1H3,(H,16,18)(H,17,19,20). The van der Waals surface area contributed by atoms with Crippen molar-refractivity contribution in [2.45, 2.75) is 13.3 Å². The highest BCUT2D eigenvalue weighted by atomic mass is 19.1. The van der Waals surface area contributed by atoms with Crippen molar-refractivity contribution in [1.82, 2.24) is 9.97 Å². The molecule has 0 aliphatic heterocycles. The molecular formula is C14H15FN4O. The van der Waals surface area contributed by atoms with Gasteiger partial charge in [0.25, 0.3) is 0 Å². The number of nitrogens with zero attached hydrogens (tertiary/aromatic N) is 2. The maximum atomic E-state index is 12.8. The van der Waals surface area contributed by atoms with E-state index in [2.05, 4.69) is 20.6 Å². The molecule has 0 saturated heterocycles. The van der Waals surface area contributed by atoms with Crippen molar-refractivity contribution in [2.24, 2.45) is 0 Å². The van der Waals surface area contributed by atoms with Gasteiger partial charge in [-0.05, 0) is 30.7 Å². The van der Waals surface area contributed by atoms with Crippen LogP contribution in [0.3, 0.4) is 0 Å². The minimum atomic E-state index is -0.552. The number of pyridine rings is 2. The molecule has 6 heteroatoms. The molecule has 0 spiro atoms. The minimum Gasteiger partial charge on any atom is -0.369 e. The van der Waals surface area contributed by atoms with Crippen molar-refractivity contribution in [3.63, 3.8) is 0 Å². The van der Waals surface area contributed by atoms with Gasteiger partial charge in [-0.3, -0.25) is 4.79 Å². The Morgan fingerprint density at radius 2 is 2.10 bits per heavy atom. The Hall–Kier alpha value is -2.50. The first-order chi connectivity index (χ1) is 9.63. The minimum absolute atomic E-state index is 0.162. The van der Waals surface area contributed by atoms with E-state index in [1.807, 2.05) is 13.0 Å². The molecule has 5 nitrogen and oxygen atoms in total. The van der Waals surface area contributed by atoms with Gasteiger partial charge >= 0.3 is 0 Å². The second kappa shape index (κ2) is 6.60. The third-order valence-electron chi connectivity index (χ3n) is 2.55. The van der Waals surface area contributed by atoms with Crippen LogP contribution in [0.2, 0.25) is 0 Å². The lowest BCUT2D eigenvalue weighted by Crippen LogP contribution is -2.17. The average Bonchev–Trinajstić information content (AvgIpc) is 2.41. The molecule has 2 N–H and O–H groups in total. The smallest absolute Gasteiger partial charge is 0.227 e. The van der Waals surface area contributed by atoms with Gasteiger partial charge in [0.15, 0.2) is 0 Å². The fraction of sp³-hybridized carbons (Fsp3) is 0.214. The highest BCUT2D eigenvalue weighted by molar-refractivity contribution is 5.89. The van der Waals surface area contributed by atoms with Gasteiger partial charge < -0.3 is 10.6 Å². The van der Waals surface area contributed by atoms with Gasteiger partial charge in [-0.2, -0.15) is 4.39 Å². The van der Waals surface area contributed by atoms with Crippen LogP contribution in [-0.4, -0.2) is 22.4 Å². The molecule has 1 amide bonds. The summed E-state index contributed by atoms with van der Waals surface area (Å²) in [7, 11) is 0. The lowest BCUT2D eigenvalue weighted by molar-refractivity contribution is -0.116. The van der Waals surface area contributed by atoms with E-state index in [0.717, 1.165) is 5.56 Å². The summed E-state index contributed by atoms with van der Waals surface area (Å²) in [6.07, 6.45) is 1.93. The van der Waals surface area contributed by atoms with E-state index in [9.17, 15) is 9.18 Å². The van der Waals surface area contributed by atoms with Crippen LogP contribution in [0, 0.1) is 12.9 Å². The lowest BCUT2D eigenvalue weighted by Gasteiger charge is -2.06. The maximum Gasteiger partial charge on any atom is 0.227 e. The molecule has 0 aliphatic rings. The molecule has 0 unspecified atom stereocenters. The van der Waals surface area contributed by atoms with Crippen molar-refractivity contribution in [2.75, 3.05) is 17.2 Å². The van der Waals surface area contributed by atoms with E-state index in [1.54, 1.807) is 24.4 Å². The molecule has 0 bridgehead atoms.